The molecule has 96 valence electrons. The van der Waals surface area contributed by atoms with Crippen LogP contribution < -0.4 is 0 Å². The van der Waals surface area contributed by atoms with E-state index in [1.165, 1.54) is 43.4 Å². The first-order valence-electron chi connectivity index (χ1n) is 6.84. The second kappa shape index (κ2) is 7.25. The summed E-state index contributed by atoms with van der Waals surface area (Å²) in [6.45, 7) is 12.7. The SMILES string of the molecule is CCOC(C[N+]1(CC)CCCCC1)OCC. The van der Waals surface area contributed by atoms with Crippen molar-refractivity contribution >= 4 is 0 Å². The van der Waals surface area contributed by atoms with Crippen LogP contribution in [0.15, 0.2) is 0 Å². The molecular formula is C13H28NO2+. The Morgan fingerprint density at radius 3 is 1.94 bits per heavy atom. The molecule has 0 saturated carbocycles. The Balaban J connectivity index is 2.50. The van der Waals surface area contributed by atoms with Crippen molar-refractivity contribution in [2.75, 3.05) is 39.4 Å². The van der Waals surface area contributed by atoms with Gasteiger partial charge in [0.05, 0.1) is 19.6 Å². The molecule has 0 radical (unpaired) electrons. The third kappa shape index (κ3) is 4.04. The lowest BCUT2D eigenvalue weighted by molar-refractivity contribution is -0.936. The van der Waals surface area contributed by atoms with Crippen molar-refractivity contribution in [3.63, 3.8) is 0 Å². The molecule has 1 rings (SSSR count). The number of piperidine rings is 1. The summed E-state index contributed by atoms with van der Waals surface area (Å²) < 4.78 is 12.5. The van der Waals surface area contributed by atoms with Gasteiger partial charge in [-0.2, -0.15) is 0 Å². The van der Waals surface area contributed by atoms with Crippen molar-refractivity contribution in [1.29, 1.82) is 0 Å². The highest BCUT2D eigenvalue weighted by Gasteiger charge is 2.31. The molecule has 0 aromatic heterocycles. The zero-order valence-corrected chi connectivity index (χ0v) is 11.2. The maximum atomic E-state index is 5.67. The van der Waals surface area contributed by atoms with Gasteiger partial charge in [0.15, 0.2) is 0 Å². The zero-order valence-electron chi connectivity index (χ0n) is 11.2. The van der Waals surface area contributed by atoms with E-state index in [2.05, 4.69) is 6.92 Å². The van der Waals surface area contributed by atoms with E-state index >= 15 is 0 Å². The standard InChI is InChI=1S/C13H28NO2/c1-4-14(10-8-7-9-11-14)12-13(15-5-2)16-6-3/h13H,4-12H2,1-3H3/q+1. The fraction of sp³-hybridized carbons (Fsp3) is 1.00. The number of rotatable bonds is 7. The van der Waals surface area contributed by atoms with Gasteiger partial charge in [-0.15, -0.1) is 0 Å². The molecule has 3 heteroatoms. The minimum Gasteiger partial charge on any atom is -0.348 e. The van der Waals surface area contributed by atoms with Crippen molar-refractivity contribution in [3.05, 3.63) is 0 Å². The summed E-state index contributed by atoms with van der Waals surface area (Å²) in [5, 5.41) is 0. The lowest BCUT2D eigenvalue weighted by Crippen LogP contribution is -2.55. The van der Waals surface area contributed by atoms with Gasteiger partial charge in [0.2, 0.25) is 6.29 Å². The quantitative estimate of drug-likeness (QED) is 0.494. The second-order valence-corrected chi connectivity index (χ2v) is 4.69. The molecule has 0 atom stereocenters. The summed E-state index contributed by atoms with van der Waals surface area (Å²) in [6.07, 6.45) is 4.11. The first-order chi connectivity index (χ1) is 7.76. The van der Waals surface area contributed by atoms with Gasteiger partial charge in [-0.05, 0) is 40.0 Å². The highest BCUT2D eigenvalue weighted by Crippen LogP contribution is 2.20. The second-order valence-electron chi connectivity index (χ2n) is 4.69. The smallest absolute Gasteiger partial charge is 0.207 e. The lowest BCUT2D eigenvalue weighted by atomic mass is 10.1. The number of nitrogens with zero attached hydrogens (tertiary/aromatic N) is 1. The number of hydrogen-bond donors (Lipinski definition) is 0. The number of likely N-dealkylation sites (N-methyl/N-ethyl adjacent to an activating group) is 1. The van der Waals surface area contributed by atoms with E-state index in [9.17, 15) is 0 Å². The normalized spacial score (nSPS) is 20.2. The van der Waals surface area contributed by atoms with Crippen LogP contribution in [-0.4, -0.2) is 50.2 Å². The molecule has 0 bridgehead atoms. The minimum atomic E-state index is -0.00644. The van der Waals surface area contributed by atoms with Crippen LogP contribution in [0, 0.1) is 0 Å². The van der Waals surface area contributed by atoms with Crippen molar-refractivity contribution < 1.29 is 14.0 Å². The van der Waals surface area contributed by atoms with Gasteiger partial charge in [0.1, 0.15) is 6.54 Å². The molecule has 0 spiro atoms. The third-order valence-corrected chi connectivity index (χ3v) is 3.68. The van der Waals surface area contributed by atoms with Gasteiger partial charge in [0.25, 0.3) is 0 Å². The van der Waals surface area contributed by atoms with Crippen LogP contribution in [0.4, 0.5) is 0 Å². The Morgan fingerprint density at radius 2 is 1.50 bits per heavy atom. The van der Waals surface area contributed by atoms with Crippen molar-refractivity contribution in [2.45, 2.75) is 46.3 Å². The van der Waals surface area contributed by atoms with Gasteiger partial charge in [-0.25, -0.2) is 0 Å². The Hall–Kier alpha value is -0.120. The van der Waals surface area contributed by atoms with Crippen LogP contribution in [0.2, 0.25) is 0 Å². The molecule has 0 aromatic rings. The molecule has 1 aliphatic rings. The Morgan fingerprint density at radius 1 is 0.938 bits per heavy atom. The zero-order chi connectivity index (χ0) is 11.9. The average molecular weight is 230 g/mol. The topological polar surface area (TPSA) is 18.5 Å². The van der Waals surface area contributed by atoms with Crippen molar-refractivity contribution in [2.24, 2.45) is 0 Å². The van der Waals surface area contributed by atoms with Crippen LogP contribution >= 0.6 is 0 Å². The van der Waals surface area contributed by atoms with E-state index in [-0.39, 0.29) is 6.29 Å². The van der Waals surface area contributed by atoms with E-state index < -0.39 is 0 Å². The van der Waals surface area contributed by atoms with Crippen LogP contribution in [0.5, 0.6) is 0 Å². The minimum absolute atomic E-state index is 0.00644. The summed E-state index contributed by atoms with van der Waals surface area (Å²) in [7, 11) is 0. The van der Waals surface area contributed by atoms with Crippen LogP contribution in [0.25, 0.3) is 0 Å². The van der Waals surface area contributed by atoms with Gasteiger partial charge in [-0.3, -0.25) is 0 Å². The van der Waals surface area contributed by atoms with Crippen LogP contribution in [0.3, 0.4) is 0 Å². The Kier molecular flexibility index (Phi) is 6.32. The maximum absolute atomic E-state index is 5.67. The predicted molar refractivity (Wildman–Crippen MR) is 66.3 cm³/mol. The number of ether oxygens (including phenoxy) is 2. The Labute approximate surface area is 100 Å². The first-order valence-corrected chi connectivity index (χ1v) is 6.84. The molecule has 0 aromatic carbocycles. The average Bonchev–Trinajstić information content (AvgIpc) is 2.31. The summed E-state index contributed by atoms with van der Waals surface area (Å²) >= 11 is 0. The predicted octanol–water partition coefficient (Wildman–Crippen LogP) is 2.41. The first kappa shape index (κ1) is 13.9. The maximum Gasteiger partial charge on any atom is 0.207 e. The monoisotopic (exact) mass is 230 g/mol. The van der Waals surface area contributed by atoms with Crippen LogP contribution in [0.1, 0.15) is 40.0 Å². The van der Waals surface area contributed by atoms with E-state index in [4.69, 9.17) is 9.47 Å². The molecular weight excluding hydrogens is 202 g/mol. The highest BCUT2D eigenvalue weighted by molar-refractivity contribution is 4.55. The summed E-state index contributed by atoms with van der Waals surface area (Å²) in [6, 6.07) is 0. The number of quaternary nitrogens is 1. The molecule has 3 nitrogen and oxygen atoms in total. The fourth-order valence-electron chi connectivity index (χ4n) is 2.65. The van der Waals surface area contributed by atoms with E-state index in [1.54, 1.807) is 0 Å². The molecule has 0 unspecified atom stereocenters. The van der Waals surface area contributed by atoms with Crippen LogP contribution in [-0.2, 0) is 9.47 Å². The molecule has 0 aliphatic carbocycles. The molecule has 1 fully saturated rings. The summed E-state index contributed by atoms with van der Waals surface area (Å²) in [4.78, 5) is 0. The summed E-state index contributed by atoms with van der Waals surface area (Å²) in [5.74, 6) is 0. The van der Waals surface area contributed by atoms with E-state index in [1.807, 2.05) is 13.8 Å². The molecule has 1 aliphatic heterocycles. The largest absolute Gasteiger partial charge is 0.348 e. The Bertz CT molecular complexity index is 173. The van der Waals surface area contributed by atoms with Gasteiger partial charge >= 0.3 is 0 Å². The third-order valence-electron chi connectivity index (χ3n) is 3.68. The molecule has 1 saturated heterocycles. The molecule has 16 heavy (non-hydrogen) atoms. The highest BCUT2D eigenvalue weighted by atomic mass is 16.7. The van der Waals surface area contributed by atoms with E-state index in [0.717, 1.165) is 19.8 Å². The molecule has 0 N–H and O–H groups in total. The molecule has 1 heterocycles. The van der Waals surface area contributed by atoms with E-state index in [0.29, 0.717) is 0 Å². The van der Waals surface area contributed by atoms with Crippen molar-refractivity contribution in [3.8, 4) is 0 Å². The van der Waals surface area contributed by atoms with Gasteiger partial charge < -0.3 is 14.0 Å². The number of hydrogen-bond acceptors (Lipinski definition) is 2. The van der Waals surface area contributed by atoms with Gasteiger partial charge in [-0.1, -0.05) is 0 Å². The lowest BCUT2D eigenvalue weighted by Gasteiger charge is -2.42. The summed E-state index contributed by atoms with van der Waals surface area (Å²) in [5.41, 5.74) is 0. The fourth-order valence-corrected chi connectivity index (χ4v) is 2.65. The molecule has 0 amide bonds. The number of likely N-dealkylation sites (tertiary alicyclic amines) is 1. The van der Waals surface area contributed by atoms with Crippen molar-refractivity contribution in [1.82, 2.24) is 0 Å². The van der Waals surface area contributed by atoms with Gasteiger partial charge in [0, 0.05) is 13.2 Å².